The molecule has 0 bridgehead atoms. The number of methoxy groups -OCH3 is 3. The highest BCUT2D eigenvalue weighted by Gasteiger charge is 2.24. The number of rotatable bonds is 8. The van der Waals surface area contributed by atoms with Gasteiger partial charge in [0.25, 0.3) is 5.91 Å². The molecule has 0 aliphatic carbocycles. The summed E-state index contributed by atoms with van der Waals surface area (Å²) in [5.41, 5.74) is 1.22. The van der Waals surface area contributed by atoms with Crippen LogP contribution in [0.1, 0.15) is 10.4 Å². The Labute approximate surface area is 184 Å². The molecule has 3 aromatic rings. The fourth-order valence-corrected chi connectivity index (χ4v) is 4.21. The van der Waals surface area contributed by atoms with Crippen LogP contribution < -0.4 is 19.1 Å². The standard InChI is InChI=1S/C21H24ClN3O4S/c1-24(2)8-9-25(21-23-15-7-6-14(22)12-18(15)30-21)20(26)13-10-16(27-3)19(29-5)17(11-13)28-4/h6-7,10-12H,8-9H2,1-5H3. The number of nitrogens with zero attached hydrogens (tertiary/aromatic N) is 3. The fourth-order valence-electron chi connectivity index (χ4n) is 2.95. The molecule has 1 aromatic heterocycles. The SMILES string of the molecule is COc1cc(C(=O)N(CCN(C)C)c2nc3ccc(Cl)cc3s2)cc(OC)c1OC. The van der Waals surface area contributed by atoms with Gasteiger partial charge in [-0.2, -0.15) is 0 Å². The Kier molecular flexibility index (Phi) is 7.02. The highest BCUT2D eigenvalue weighted by molar-refractivity contribution is 7.22. The molecule has 0 spiro atoms. The first-order valence-corrected chi connectivity index (χ1v) is 10.4. The van der Waals surface area contributed by atoms with Crippen molar-refractivity contribution in [3.63, 3.8) is 0 Å². The van der Waals surface area contributed by atoms with Gasteiger partial charge < -0.3 is 19.1 Å². The maximum Gasteiger partial charge on any atom is 0.260 e. The summed E-state index contributed by atoms with van der Waals surface area (Å²) in [7, 11) is 8.48. The van der Waals surface area contributed by atoms with E-state index in [1.165, 1.54) is 32.7 Å². The molecule has 9 heteroatoms. The van der Waals surface area contributed by atoms with Gasteiger partial charge in [0.2, 0.25) is 5.75 Å². The number of hydrogen-bond acceptors (Lipinski definition) is 7. The van der Waals surface area contributed by atoms with Crippen molar-refractivity contribution in [2.24, 2.45) is 0 Å². The van der Waals surface area contributed by atoms with Crippen LogP contribution in [0.3, 0.4) is 0 Å². The van der Waals surface area contributed by atoms with Crippen LogP contribution in [0.5, 0.6) is 17.2 Å². The summed E-state index contributed by atoms with van der Waals surface area (Å²) < 4.78 is 17.1. The van der Waals surface area contributed by atoms with E-state index in [0.717, 1.165) is 10.2 Å². The Balaban J connectivity index is 2.05. The van der Waals surface area contributed by atoms with Gasteiger partial charge >= 0.3 is 0 Å². The Hall–Kier alpha value is -2.55. The zero-order valence-corrected chi connectivity index (χ0v) is 19.1. The summed E-state index contributed by atoms with van der Waals surface area (Å²) >= 11 is 7.54. The highest BCUT2D eigenvalue weighted by Crippen LogP contribution is 2.39. The van der Waals surface area contributed by atoms with Crippen molar-refractivity contribution >= 4 is 44.2 Å². The number of carbonyl (C=O) groups excluding carboxylic acids is 1. The summed E-state index contributed by atoms with van der Waals surface area (Å²) in [5.74, 6) is 1.07. The second-order valence-corrected chi connectivity index (χ2v) is 8.23. The molecule has 1 heterocycles. The van der Waals surface area contributed by atoms with Gasteiger partial charge in [0, 0.05) is 23.7 Å². The number of amides is 1. The lowest BCUT2D eigenvalue weighted by Crippen LogP contribution is -2.36. The molecule has 30 heavy (non-hydrogen) atoms. The van der Waals surface area contributed by atoms with Crippen LogP contribution in [0, 0.1) is 0 Å². The van der Waals surface area contributed by atoms with Gasteiger partial charge in [-0.1, -0.05) is 22.9 Å². The topological polar surface area (TPSA) is 64.1 Å². The summed E-state index contributed by atoms with van der Waals surface area (Å²) in [6, 6.07) is 8.80. The van der Waals surface area contributed by atoms with Gasteiger partial charge in [-0.3, -0.25) is 9.69 Å². The lowest BCUT2D eigenvalue weighted by atomic mass is 10.1. The molecule has 0 fully saturated rings. The molecule has 0 atom stereocenters. The first kappa shape index (κ1) is 22.1. The number of carbonyl (C=O) groups is 1. The minimum atomic E-state index is -0.207. The van der Waals surface area contributed by atoms with E-state index in [0.29, 0.717) is 46.1 Å². The van der Waals surface area contributed by atoms with Crippen LogP contribution in [-0.2, 0) is 0 Å². The highest BCUT2D eigenvalue weighted by atomic mass is 35.5. The molecule has 0 aliphatic rings. The molecule has 0 saturated carbocycles. The minimum Gasteiger partial charge on any atom is -0.493 e. The number of benzene rings is 2. The Morgan fingerprint density at radius 2 is 1.70 bits per heavy atom. The second kappa shape index (κ2) is 9.51. The number of ether oxygens (including phenoxy) is 3. The van der Waals surface area contributed by atoms with E-state index < -0.39 is 0 Å². The molecule has 0 saturated heterocycles. The molecule has 160 valence electrons. The van der Waals surface area contributed by atoms with Crippen molar-refractivity contribution in [2.75, 3.05) is 53.4 Å². The first-order chi connectivity index (χ1) is 14.4. The van der Waals surface area contributed by atoms with Gasteiger partial charge in [-0.25, -0.2) is 4.98 Å². The van der Waals surface area contributed by atoms with Crippen molar-refractivity contribution in [3.8, 4) is 17.2 Å². The van der Waals surface area contributed by atoms with Crippen LogP contribution >= 0.6 is 22.9 Å². The maximum atomic E-state index is 13.5. The number of hydrogen-bond donors (Lipinski definition) is 0. The average Bonchev–Trinajstić information content (AvgIpc) is 3.14. The summed E-state index contributed by atoms with van der Waals surface area (Å²) in [6.45, 7) is 1.14. The van der Waals surface area contributed by atoms with E-state index in [4.69, 9.17) is 25.8 Å². The predicted molar refractivity (Wildman–Crippen MR) is 121 cm³/mol. The third kappa shape index (κ3) is 4.61. The lowest BCUT2D eigenvalue weighted by Gasteiger charge is -2.23. The van der Waals surface area contributed by atoms with Crippen LogP contribution in [0.15, 0.2) is 30.3 Å². The number of fused-ring (bicyclic) bond motifs is 1. The monoisotopic (exact) mass is 449 g/mol. The molecular weight excluding hydrogens is 426 g/mol. The van der Waals surface area contributed by atoms with Gasteiger partial charge in [0.1, 0.15) is 0 Å². The van der Waals surface area contributed by atoms with Crippen LogP contribution in [0.4, 0.5) is 5.13 Å². The van der Waals surface area contributed by atoms with E-state index in [-0.39, 0.29) is 5.91 Å². The molecule has 1 amide bonds. The van der Waals surface area contributed by atoms with E-state index >= 15 is 0 Å². The quantitative estimate of drug-likeness (QED) is 0.514. The van der Waals surface area contributed by atoms with E-state index in [9.17, 15) is 4.79 Å². The number of aromatic nitrogens is 1. The van der Waals surface area contributed by atoms with Crippen molar-refractivity contribution in [1.29, 1.82) is 0 Å². The van der Waals surface area contributed by atoms with Crippen molar-refractivity contribution < 1.29 is 19.0 Å². The Morgan fingerprint density at radius 1 is 1.03 bits per heavy atom. The first-order valence-electron chi connectivity index (χ1n) is 9.20. The van der Waals surface area contributed by atoms with Crippen molar-refractivity contribution in [1.82, 2.24) is 9.88 Å². The normalized spacial score (nSPS) is 11.0. The zero-order chi connectivity index (χ0) is 21.8. The number of likely N-dealkylation sites (N-methyl/N-ethyl adjacent to an activating group) is 1. The third-order valence-corrected chi connectivity index (χ3v) is 5.77. The Bertz CT molecular complexity index is 1030. The summed E-state index contributed by atoms with van der Waals surface area (Å²) in [6.07, 6.45) is 0. The molecule has 2 aromatic carbocycles. The van der Waals surface area contributed by atoms with Crippen molar-refractivity contribution in [2.45, 2.75) is 0 Å². The molecule has 3 rings (SSSR count). The Morgan fingerprint density at radius 3 is 2.27 bits per heavy atom. The van der Waals surface area contributed by atoms with Gasteiger partial charge in [0.05, 0.1) is 31.5 Å². The largest absolute Gasteiger partial charge is 0.493 e. The van der Waals surface area contributed by atoms with Crippen LogP contribution in [0.25, 0.3) is 10.2 Å². The van der Waals surface area contributed by atoms with Crippen molar-refractivity contribution in [3.05, 3.63) is 40.9 Å². The molecule has 7 nitrogen and oxygen atoms in total. The molecule has 0 N–H and O–H groups in total. The third-order valence-electron chi connectivity index (χ3n) is 4.50. The van der Waals surface area contributed by atoms with Crippen LogP contribution in [0.2, 0.25) is 5.02 Å². The van der Waals surface area contributed by atoms with Crippen LogP contribution in [-0.4, -0.2) is 64.3 Å². The molecule has 0 aliphatic heterocycles. The average molecular weight is 450 g/mol. The summed E-state index contributed by atoms with van der Waals surface area (Å²) in [4.78, 5) is 21.9. The lowest BCUT2D eigenvalue weighted by molar-refractivity contribution is 0.0984. The number of thiazole rings is 1. The minimum absolute atomic E-state index is 0.207. The second-order valence-electron chi connectivity index (χ2n) is 6.78. The predicted octanol–water partition coefficient (Wildman–Crippen LogP) is 4.18. The van der Waals surface area contributed by atoms with E-state index in [1.807, 2.05) is 31.1 Å². The number of anilines is 1. The summed E-state index contributed by atoms with van der Waals surface area (Å²) in [5, 5.41) is 1.24. The van der Waals surface area contributed by atoms with E-state index in [1.54, 1.807) is 23.1 Å². The molecule has 0 unspecified atom stereocenters. The zero-order valence-electron chi connectivity index (χ0n) is 17.6. The fraction of sp³-hybridized carbons (Fsp3) is 0.333. The molecular formula is C21H24ClN3O4S. The maximum absolute atomic E-state index is 13.5. The molecule has 0 radical (unpaired) electrons. The van der Waals surface area contributed by atoms with Gasteiger partial charge in [0.15, 0.2) is 16.6 Å². The number of halogens is 1. The van der Waals surface area contributed by atoms with E-state index in [2.05, 4.69) is 4.98 Å². The van der Waals surface area contributed by atoms with Gasteiger partial charge in [-0.05, 0) is 44.4 Å². The smallest absolute Gasteiger partial charge is 0.260 e. The van der Waals surface area contributed by atoms with Gasteiger partial charge in [-0.15, -0.1) is 0 Å².